The van der Waals surface area contributed by atoms with E-state index in [1.165, 1.54) is 55.6 Å². The quantitative estimate of drug-likeness (QED) is 0.871. The Balaban J connectivity index is 1.84. The number of thiazole rings is 1. The fraction of sp³-hybridized carbons (Fsp3) is 0.786. The topological polar surface area (TPSA) is 38.9 Å². The largest absolute Gasteiger partial charge is 0.322 e. The highest BCUT2D eigenvalue weighted by Gasteiger charge is 2.38. The van der Waals surface area contributed by atoms with Crippen LogP contribution in [0, 0.1) is 5.41 Å². The fourth-order valence-corrected chi connectivity index (χ4v) is 4.80. The Morgan fingerprint density at radius 1 is 1.35 bits per heavy atom. The van der Waals surface area contributed by atoms with Gasteiger partial charge in [0.25, 0.3) is 0 Å². The standard InChI is InChI=1S/C14H22N2S/c1-2-10(15)13-16-11-5-8-14(6-3-4-7-14)9-12(11)17-13/h10H,2-9,15H2,1H3. The van der Waals surface area contributed by atoms with E-state index in [0.29, 0.717) is 5.41 Å². The monoisotopic (exact) mass is 250 g/mol. The summed E-state index contributed by atoms with van der Waals surface area (Å²) in [7, 11) is 0. The highest BCUT2D eigenvalue weighted by atomic mass is 32.1. The van der Waals surface area contributed by atoms with Crippen molar-refractivity contribution in [1.82, 2.24) is 4.98 Å². The van der Waals surface area contributed by atoms with Crippen LogP contribution in [0.15, 0.2) is 0 Å². The molecule has 2 nitrogen and oxygen atoms in total. The molecule has 0 aliphatic heterocycles. The lowest BCUT2D eigenvalue weighted by atomic mass is 9.74. The Bertz CT molecular complexity index is 404. The average molecular weight is 250 g/mol. The molecule has 0 saturated heterocycles. The van der Waals surface area contributed by atoms with Gasteiger partial charge in [-0.3, -0.25) is 0 Å². The molecular weight excluding hydrogens is 228 g/mol. The van der Waals surface area contributed by atoms with E-state index < -0.39 is 0 Å². The van der Waals surface area contributed by atoms with E-state index in [-0.39, 0.29) is 6.04 Å². The van der Waals surface area contributed by atoms with Crippen LogP contribution in [-0.4, -0.2) is 4.98 Å². The van der Waals surface area contributed by atoms with Gasteiger partial charge >= 0.3 is 0 Å². The van der Waals surface area contributed by atoms with E-state index in [4.69, 9.17) is 10.7 Å². The van der Waals surface area contributed by atoms with Crippen molar-refractivity contribution in [3.05, 3.63) is 15.6 Å². The average Bonchev–Trinajstić information content (AvgIpc) is 2.95. The summed E-state index contributed by atoms with van der Waals surface area (Å²) < 4.78 is 0. The second-order valence-electron chi connectivity index (χ2n) is 5.82. The molecule has 1 fully saturated rings. The van der Waals surface area contributed by atoms with Gasteiger partial charge < -0.3 is 5.73 Å². The van der Waals surface area contributed by atoms with Gasteiger partial charge in [-0.2, -0.15) is 0 Å². The second-order valence-corrected chi connectivity index (χ2v) is 6.94. The van der Waals surface area contributed by atoms with Crippen molar-refractivity contribution < 1.29 is 0 Å². The first-order valence-corrected chi connectivity index (χ1v) is 7.78. The molecule has 1 spiro atoms. The van der Waals surface area contributed by atoms with E-state index in [0.717, 1.165) is 6.42 Å². The molecule has 3 heteroatoms. The maximum absolute atomic E-state index is 6.10. The van der Waals surface area contributed by atoms with Crippen LogP contribution in [0.25, 0.3) is 0 Å². The molecule has 1 aromatic heterocycles. The smallest absolute Gasteiger partial charge is 0.110 e. The minimum Gasteiger partial charge on any atom is -0.322 e. The summed E-state index contributed by atoms with van der Waals surface area (Å²) >= 11 is 1.89. The lowest BCUT2D eigenvalue weighted by Crippen LogP contribution is -2.24. The first-order valence-electron chi connectivity index (χ1n) is 6.96. The van der Waals surface area contributed by atoms with Crippen molar-refractivity contribution in [3.63, 3.8) is 0 Å². The predicted octanol–water partition coefficient (Wildman–Crippen LogP) is 3.60. The zero-order valence-electron chi connectivity index (χ0n) is 10.7. The van der Waals surface area contributed by atoms with Crippen LogP contribution in [0.4, 0.5) is 0 Å². The third kappa shape index (κ3) is 2.04. The third-order valence-corrected chi connectivity index (χ3v) is 5.87. The summed E-state index contributed by atoms with van der Waals surface area (Å²) in [5.74, 6) is 0. The molecule has 2 N–H and O–H groups in total. The van der Waals surface area contributed by atoms with Crippen molar-refractivity contribution in [1.29, 1.82) is 0 Å². The van der Waals surface area contributed by atoms with Crippen molar-refractivity contribution >= 4 is 11.3 Å². The molecule has 1 heterocycles. The van der Waals surface area contributed by atoms with Crippen LogP contribution < -0.4 is 5.73 Å². The molecule has 1 saturated carbocycles. The van der Waals surface area contributed by atoms with Gasteiger partial charge in [-0.15, -0.1) is 11.3 Å². The molecule has 17 heavy (non-hydrogen) atoms. The molecule has 1 aromatic rings. The minimum absolute atomic E-state index is 0.158. The highest BCUT2D eigenvalue weighted by molar-refractivity contribution is 7.11. The normalized spacial score (nSPS) is 23.9. The van der Waals surface area contributed by atoms with E-state index in [9.17, 15) is 0 Å². The van der Waals surface area contributed by atoms with Crippen molar-refractivity contribution in [3.8, 4) is 0 Å². The number of fused-ring (bicyclic) bond motifs is 1. The molecule has 0 radical (unpaired) electrons. The van der Waals surface area contributed by atoms with Crippen LogP contribution in [0.1, 0.15) is 67.1 Å². The zero-order valence-corrected chi connectivity index (χ0v) is 11.5. The number of hydrogen-bond donors (Lipinski definition) is 1. The third-order valence-electron chi connectivity index (χ3n) is 4.64. The van der Waals surface area contributed by atoms with Gasteiger partial charge in [0.05, 0.1) is 11.7 Å². The first-order chi connectivity index (χ1) is 8.22. The summed E-state index contributed by atoms with van der Waals surface area (Å²) in [5, 5.41) is 1.17. The Hall–Kier alpha value is -0.410. The van der Waals surface area contributed by atoms with Gasteiger partial charge in [-0.25, -0.2) is 4.98 Å². The van der Waals surface area contributed by atoms with Gasteiger partial charge in [0.15, 0.2) is 0 Å². The Morgan fingerprint density at radius 2 is 2.12 bits per heavy atom. The molecule has 2 aliphatic rings. The molecule has 0 amide bonds. The summed E-state index contributed by atoms with van der Waals surface area (Å²) in [5.41, 5.74) is 8.11. The van der Waals surface area contributed by atoms with E-state index >= 15 is 0 Å². The van der Waals surface area contributed by atoms with E-state index in [1.54, 1.807) is 4.88 Å². The highest BCUT2D eigenvalue weighted by Crippen LogP contribution is 2.49. The van der Waals surface area contributed by atoms with Gasteiger partial charge in [0.2, 0.25) is 0 Å². The first kappa shape index (κ1) is 11.7. The van der Waals surface area contributed by atoms with E-state index in [1.807, 2.05) is 11.3 Å². The Labute approximate surface area is 108 Å². The molecule has 0 aromatic carbocycles. The number of nitrogens with zero attached hydrogens (tertiary/aromatic N) is 1. The van der Waals surface area contributed by atoms with Crippen LogP contribution in [0.5, 0.6) is 0 Å². The van der Waals surface area contributed by atoms with Crippen LogP contribution in [-0.2, 0) is 12.8 Å². The lowest BCUT2D eigenvalue weighted by molar-refractivity contribution is 0.256. The summed E-state index contributed by atoms with van der Waals surface area (Å²) in [6.45, 7) is 2.14. The maximum atomic E-state index is 6.10. The maximum Gasteiger partial charge on any atom is 0.110 e. The summed E-state index contributed by atoms with van der Waals surface area (Å²) in [6.07, 6.45) is 10.6. The van der Waals surface area contributed by atoms with Gasteiger partial charge in [0, 0.05) is 4.88 Å². The van der Waals surface area contributed by atoms with Crippen LogP contribution >= 0.6 is 11.3 Å². The second kappa shape index (κ2) is 4.36. The number of nitrogens with two attached hydrogens (primary N) is 1. The number of hydrogen-bond acceptors (Lipinski definition) is 3. The molecule has 0 bridgehead atoms. The number of rotatable bonds is 2. The molecule has 1 unspecified atom stereocenters. The molecule has 3 rings (SSSR count). The summed E-state index contributed by atoms with van der Waals surface area (Å²) in [4.78, 5) is 6.32. The predicted molar refractivity (Wildman–Crippen MR) is 72.3 cm³/mol. The molecule has 94 valence electrons. The van der Waals surface area contributed by atoms with Gasteiger partial charge in [-0.1, -0.05) is 19.8 Å². The van der Waals surface area contributed by atoms with Crippen molar-refractivity contribution in [2.24, 2.45) is 11.1 Å². The fourth-order valence-electron chi connectivity index (χ4n) is 3.43. The Kier molecular flexibility index (Phi) is 2.99. The van der Waals surface area contributed by atoms with Crippen LogP contribution in [0.3, 0.4) is 0 Å². The van der Waals surface area contributed by atoms with Crippen molar-refractivity contribution in [2.75, 3.05) is 0 Å². The molecule has 2 aliphatic carbocycles. The Morgan fingerprint density at radius 3 is 2.82 bits per heavy atom. The van der Waals surface area contributed by atoms with E-state index in [2.05, 4.69) is 6.92 Å². The molecular formula is C14H22N2S. The number of aromatic nitrogens is 1. The molecule has 1 atom stereocenters. The van der Waals surface area contributed by atoms with Crippen molar-refractivity contribution in [2.45, 2.75) is 64.3 Å². The lowest BCUT2D eigenvalue weighted by Gasteiger charge is -2.32. The van der Waals surface area contributed by atoms with Crippen LogP contribution in [0.2, 0.25) is 0 Å². The van der Waals surface area contributed by atoms with Gasteiger partial charge in [0.1, 0.15) is 5.01 Å². The number of aryl methyl sites for hydroxylation is 1. The van der Waals surface area contributed by atoms with Gasteiger partial charge in [-0.05, 0) is 43.9 Å². The zero-order chi connectivity index (χ0) is 11.9. The summed E-state index contributed by atoms with van der Waals surface area (Å²) in [6, 6.07) is 0.158. The minimum atomic E-state index is 0.158. The SMILES string of the molecule is CCC(N)c1nc2c(s1)CC1(CCCC1)CC2.